The molecule has 0 radical (unpaired) electrons. The minimum atomic E-state index is -0.377. The summed E-state index contributed by atoms with van der Waals surface area (Å²) in [6.07, 6.45) is 1.48. The summed E-state index contributed by atoms with van der Waals surface area (Å²) < 4.78 is 2.54. The van der Waals surface area contributed by atoms with Crippen LogP contribution in [0.2, 0.25) is 0 Å². The SMILES string of the molecule is CCn1ccc(=O)n(Cc2nc(C)cc(N)n2)c1=O. The van der Waals surface area contributed by atoms with Gasteiger partial charge in [-0.05, 0) is 13.8 Å². The van der Waals surface area contributed by atoms with Crippen LogP contribution in [0.1, 0.15) is 18.4 Å². The quantitative estimate of drug-likeness (QED) is 0.822. The number of anilines is 1. The fourth-order valence-corrected chi connectivity index (χ4v) is 1.81. The number of nitrogen functional groups attached to an aromatic ring is 1. The Labute approximate surface area is 109 Å². The highest BCUT2D eigenvalue weighted by Crippen LogP contribution is 2.01. The normalized spacial score (nSPS) is 10.6. The van der Waals surface area contributed by atoms with Crippen molar-refractivity contribution in [2.75, 3.05) is 5.73 Å². The third kappa shape index (κ3) is 2.70. The third-order valence-electron chi connectivity index (χ3n) is 2.70. The molecule has 0 unspecified atom stereocenters. The van der Waals surface area contributed by atoms with Crippen molar-refractivity contribution < 1.29 is 0 Å². The second-order valence-corrected chi connectivity index (χ2v) is 4.16. The summed E-state index contributed by atoms with van der Waals surface area (Å²) >= 11 is 0. The Morgan fingerprint density at radius 1 is 1.32 bits per heavy atom. The number of nitrogens with two attached hydrogens (primary N) is 1. The van der Waals surface area contributed by atoms with Crippen LogP contribution in [0.25, 0.3) is 0 Å². The fraction of sp³-hybridized carbons (Fsp3) is 0.333. The van der Waals surface area contributed by atoms with Gasteiger partial charge in [0, 0.05) is 30.6 Å². The zero-order chi connectivity index (χ0) is 14.0. The molecule has 2 heterocycles. The van der Waals surface area contributed by atoms with Crippen LogP contribution < -0.4 is 17.0 Å². The summed E-state index contributed by atoms with van der Waals surface area (Å²) in [5, 5.41) is 0. The number of hydrogen-bond acceptors (Lipinski definition) is 5. The Bertz CT molecular complexity index is 697. The Morgan fingerprint density at radius 3 is 2.68 bits per heavy atom. The minimum absolute atomic E-state index is 0.0182. The molecule has 0 amide bonds. The monoisotopic (exact) mass is 261 g/mol. The molecule has 0 bridgehead atoms. The average molecular weight is 261 g/mol. The highest BCUT2D eigenvalue weighted by atomic mass is 16.2. The van der Waals surface area contributed by atoms with Gasteiger partial charge >= 0.3 is 5.69 Å². The van der Waals surface area contributed by atoms with Gasteiger partial charge < -0.3 is 10.3 Å². The van der Waals surface area contributed by atoms with E-state index in [9.17, 15) is 9.59 Å². The molecular formula is C12H15N5O2. The van der Waals surface area contributed by atoms with Gasteiger partial charge in [-0.1, -0.05) is 0 Å². The number of nitrogens with zero attached hydrogens (tertiary/aromatic N) is 4. The standard InChI is InChI=1S/C12H15N5O2/c1-3-16-5-4-11(18)17(12(16)19)7-10-14-8(2)6-9(13)15-10/h4-6H,3,7H2,1-2H3,(H2,13,14,15). The molecular weight excluding hydrogens is 246 g/mol. The van der Waals surface area contributed by atoms with E-state index in [1.54, 1.807) is 13.0 Å². The first-order valence-corrected chi connectivity index (χ1v) is 5.91. The van der Waals surface area contributed by atoms with Crippen LogP contribution >= 0.6 is 0 Å². The molecule has 2 rings (SSSR count). The maximum atomic E-state index is 12.0. The van der Waals surface area contributed by atoms with Gasteiger partial charge in [0.1, 0.15) is 5.82 Å². The van der Waals surface area contributed by atoms with E-state index in [-0.39, 0.29) is 17.8 Å². The average Bonchev–Trinajstić information content (AvgIpc) is 2.33. The zero-order valence-corrected chi connectivity index (χ0v) is 10.8. The maximum Gasteiger partial charge on any atom is 0.331 e. The molecule has 0 aliphatic heterocycles. The first-order chi connectivity index (χ1) is 9.01. The molecule has 0 aromatic carbocycles. The number of aromatic nitrogens is 4. The van der Waals surface area contributed by atoms with E-state index in [4.69, 9.17) is 5.73 Å². The Morgan fingerprint density at radius 2 is 2.05 bits per heavy atom. The van der Waals surface area contributed by atoms with Crippen molar-refractivity contribution in [2.45, 2.75) is 26.9 Å². The molecule has 0 saturated heterocycles. The highest BCUT2D eigenvalue weighted by molar-refractivity contribution is 5.29. The van der Waals surface area contributed by atoms with Crippen LogP contribution in [-0.2, 0) is 13.1 Å². The van der Waals surface area contributed by atoms with Crippen LogP contribution in [-0.4, -0.2) is 19.1 Å². The minimum Gasteiger partial charge on any atom is -0.384 e. The van der Waals surface area contributed by atoms with Crippen molar-refractivity contribution in [3.05, 3.63) is 50.7 Å². The van der Waals surface area contributed by atoms with Gasteiger partial charge in [-0.2, -0.15) is 0 Å². The van der Waals surface area contributed by atoms with Gasteiger partial charge in [-0.15, -0.1) is 0 Å². The second-order valence-electron chi connectivity index (χ2n) is 4.16. The van der Waals surface area contributed by atoms with Crippen molar-refractivity contribution >= 4 is 5.82 Å². The van der Waals surface area contributed by atoms with Gasteiger partial charge in [-0.25, -0.2) is 14.8 Å². The highest BCUT2D eigenvalue weighted by Gasteiger charge is 2.07. The van der Waals surface area contributed by atoms with E-state index < -0.39 is 0 Å². The molecule has 2 N–H and O–H groups in total. The number of rotatable bonds is 3. The molecule has 0 atom stereocenters. The van der Waals surface area contributed by atoms with Crippen LogP contribution in [0.4, 0.5) is 5.82 Å². The first kappa shape index (κ1) is 13.0. The van der Waals surface area contributed by atoms with Crippen LogP contribution in [0.3, 0.4) is 0 Å². The molecule has 7 heteroatoms. The molecule has 0 spiro atoms. The molecule has 0 fully saturated rings. The van der Waals surface area contributed by atoms with E-state index >= 15 is 0 Å². The Hall–Kier alpha value is -2.44. The molecule has 100 valence electrons. The number of aryl methyl sites for hydroxylation is 2. The van der Waals surface area contributed by atoms with Crippen LogP contribution in [0, 0.1) is 6.92 Å². The summed E-state index contributed by atoms with van der Waals surface area (Å²) in [5.74, 6) is 0.674. The van der Waals surface area contributed by atoms with Crippen molar-refractivity contribution in [1.29, 1.82) is 0 Å². The summed E-state index contributed by atoms with van der Waals surface area (Å²) in [6, 6.07) is 2.98. The largest absolute Gasteiger partial charge is 0.384 e. The molecule has 7 nitrogen and oxygen atoms in total. The van der Waals surface area contributed by atoms with E-state index in [0.717, 1.165) is 4.57 Å². The lowest BCUT2D eigenvalue weighted by Crippen LogP contribution is -2.39. The molecule has 19 heavy (non-hydrogen) atoms. The molecule has 0 aliphatic rings. The molecule has 0 aliphatic carbocycles. The predicted molar refractivity (Wildman–Crippen MR) is 70.9 cm³/mol. The molecule has 2 aromatic rings. The van der Waals surface area contributed by atoms with E-state index in [1.807, 2.05) is 6.92 Å². The predicted octanol–water partition coefficient (Wildman–Crippen LogP) is -0.241. The van der Waals surface area contributed by atoms with Crippen LogP contribution in [0.5, 0.6) is 0 Å². The maximum absolute atomic E-state index is 12.0. The van der Waals surface area contributed by atoms with Gasteiger partial charge in [-0.3, -0.25) is 9.36 Å². The lowest BCUT2D eigenvalue weighted by atomic mass is 10.4. The fourth-order valence-electron chi connectivity index (χ4n) is 1.81. The van der Waals surface area contributed by atoms with E-state index in [0.29, 0.717) is 23.9 Å². The van der Waals surface area contributed by atoms with Crippen molar-refractivity contribution in [3.63, 3.8) is 0 Å². The van der Waals surface area contributed by atoms with Crippen molar-refractivity contribution in [3.8, 4) is 0 Å². The zero-order valence-electron chi connectivity index (χ0n) is 10.8. The van der Waals surface area contributed by atoms with Crippen molar-refractivity contribution in [1.82, 2.24) is 19.1 Å². The lowest BCUT2D eigenvalue weighted by molar-refractivity contribution is 0.587. The Kier molecular flexibility index (Phi) is 3.46. The number of hydrogen-bond donors (Lipinski definition) is 1. The Balaban J connectivity index is 2.49. The summed E-state index contributed by atoms with van der Waals surface area (Å²) in [5.41, 5.74) is 5.57. The summed E-state index contributed by atoms with van der Waals surface area (Å²) in [6.45, 7) is 4.12. The van der Waals surface area contributed by atoms with Gasteiger partial charge in [0.2, 0.25) is 0 Å². The topological polar surface area (TPSA) is 95.8 Å². The van der Waals surface area contributed by atoms with Gasteiger partial charge in [0.25, 0.3) is 5.56 Å². The smallest absolute Gasteiger partial charge is 0.331 e. The third-order valence-corrected chi connectivity index (χ3v) is 2.70. The van der Waals surface area contributed by atoms with Gasteiger partial charge in [0.15, 0.2) is 5.82 Å². The summed E-state index contributed by atoms with van der Waals surface area (Å²) in [4.78, 5) is 32.0. The lowest BCUT2D eigenvalue weighted by Gasteiger charge is -2.08. The second kappa shape index (κ2) is 5.05. The molecule has 0 saturated carbocycles. The van der Waals surface area contributed by atoms with Gasteiger partial charge in [0.05, 0.1) is 6.54 Å². The van der Waals surface area contributed by atoms with E-state index in [1.165, 1.54) is 16.8 Å². The first-order valence-electron chi connectivity index (χ1n) is 5.91. The van der Waals surface area contributed by atoms with Crippen LogP contribution in [0.15, 0.2) is 27.9 Å². The van der Waals surface area contributed by atoms with Crippen molar-refractivity contribution in [2.24, 2.45) is 0 Å². The summed E-state index contributed by atoms with van der Waals surface area (Å²) in [7, 11) is 0. The molecule has 2 aromatic heterocycles. The van der Waals surface area contributed by atoms with E-state index in [2.05, 4.69) is 9.97 Å².